The Bertz CT molecular complexity index is 1380. The van der Waals surface area contributed by atoms with Gasteiger partial charge in [0, 0.05) is 39.2 Å². The number of ether oxygens (including phenoxy) is 1. The van der Waals surface area contributed by atoms with Crippen molar-refractivity contribution in [3.8, 4) is 28.2 Å². The van der Waals surface area contributed by atoms with E-state index in [0.29, 0.717) is 27.8 Å². The molecule has 2 aromatic rings. The highest BCUT2D eigenvalue weighted by Gasteiger charge is 2.27. The first-order chi connectivity index (χ1) is 14.2. The van der Waals surface area contributed by atoms with Crippen LogP contribution in [0.5, 0.6) is 5.75 Å². The lowest BCUT2D eigenvalue weighted by molar-refractivity contribution is 0.0698. The van der Waals surface area contributed by atoms with Crippen molar-refractivity contribution < 1.29 is 19.1 Å². The highest BCUT2D eigenvalue weighted by molar-refractivity contribution is 6.39. The van der Waals surface area contributed by atoms with E-state index in [1.54, 1.807) is 12.1 Å². The number of benzene rings is 3. The Hall–Kier alpha value is -2.44. The zero-order valence-electron chi connectivity index (χ0n) is 15.1. The van der Waals surface area contributed by atoms with Gasteiger partial charge in [0.2, 0.25) is 5.43 Å². The minimum absolute atomic E-state index is 0.00450. The number of carbonyl (C=O) groups is 1. The van der Waals surface area contributed by atoms with Crippen molar-refractivity contribution in [1.29, 1.82) is 0 Å². The molecule has 1 aliphatic heterocycles. The molecule has 0 bridgehead atoms. The van der Waals surface area contributed by atoms with Gasteiger partial charge in [0.1, 0.15) is 17.1 Å². The number of carboxylic acids is 1. The van der Waals surface area contributed by atoms with Crippen LogP contribution in [0.3, 0.4) is 0 Å². The molecular weight excluding hydrogens is 474 g/mol. The SMILES string of the molecule is COc1cc2oc3cc(=O)c(Cl)cc-3c(-c3c(Cl)ccc(Cl)c3C(=O)O)c2cc1Cl. The number of hydrogen-bond donors (Lipinski definition) is 1. The van der Waals surface area contributed by atoms with Crippen molar-refractivity contribution >= 4 is 63.3 Å². The van der Waals surface area contributed by atoms with Crippen LogP contribution in [-0.4, -0.2) is 18.2 Å². The Balaban J connectivity index is 2.31. The van der Waals surface area contributed by atoms with Crippen LogP contribution in [0.15, 0.2) is 45.6 Å². The number of methoxy groups -OCH3 is 1. The fourth-order valence-corrected chi connectivity index (χ4v) is 4.22. The summed E-state index contributed by atoms with van der Waals surface area (Å²) in [7, 11) is 1.45. The summed E-state index contributed by atoms with van der Waals surface area (Å²) in [5, 5.41) is 10.6. The van der Waals surface area contributed by atoms with Crippen LogP contribution in [0.1, 0.15) is 10.4 Å². The van der Waals surface area contributed by atoms with E-state index in [1.807, 2.05) is 0 Å². The van der Waals surface area contributed by atoms with Gasteiger partial charge < -0.3 is 14.3 Å². The normalized spacial score (nSPS) is 11.2. The van der Waals surface area contributed by atoms with Crippen molar-refractivity contribution in [2.75, 3.05) is 7.11 Å². The fourth-order valence-electron chi connectivity index (χ4n) is 3.32. The molecule has 4 rings (SSSR count). The predicted octanol–water partition coefficient (Wildman–Crippen LogP) is 6.89. The minimum Gasteiger partial charge on any atom is -0.495 e. The molecule has 0 unspecified atom stereocenters. The molecule has 2 aliphatic rings. The molecule has 0 spiro atoms. The number of carboxylic acid groups (broad SMARTS) is 1. The van der Waals surface area contributed by atoms with Gasteiger partial charge in [-0.1, -0.05) is 46.4 Å². The third-order valence-corrected chi connectivity index (χ3v) is 5.83. The van der Waals surface area contributed by atoms with E-state index >= 15 is 0 Å². The molecule has 0 atom stereocenters. The third kappa shape index (κ3) is 3.28. The number of aromatic carboxylic acids is 1. The van der Waals surface area contributed by atoms with Gasteiger partial charge in [-0.2, -0.15) is 0 Å². The summed E-state index contributed by atoms with van der Waals surface area (Å²) in [6.45, 7) is 0. The van der Waals surface area contributed by atoms with Gasteiger partial charge in [0.15, 0.2) is 0 Å². The largest absolute Gasteiger partial charge is 0.495 e. The highest BCUT2D eigenvalue weighted by atomic mass is 35.5. The van der Waals surface area contributed by atoms with E-state index in [1.165, 1.54) is 31.4 Å². The summed E-state index contributed by atoms with van der Waals surface area (Å²) in [6.07, 6.45) is 0. The van der Waals surface area contributed by atoms with Gasteiger partial charge >= 0.3 is 5.97 Å². The van der Waals surface area contributed by atoms with Crippen molar-refractivity contribution in [2.45, 2.75) is 0 Å². The molecule has 152 valence electrons. The average molecular weight is 484 g/mol. The summed E-state index contributed by atoms with van der Waals surface area (Å²) >= 11 is 25.0. The molecule has 1 heterocycles. The average Bonchev–Trinajstić information content (AvgIpc) is 2.69. The van der Waals surface area contributed by atoms with Gasteiger partial charge in [-0.25, -0.2) is 4.79 Å². The molecule has 0 aromatic heterocycles. The Morgan fingerprint density at radius 1 is 0.933 bits per heavy atom. The molecule has 0 fully saturated rings. The van der Waals surface area contributed by atoms with Crippen molar-refractivity contribution in [3.05, 3.63) is 72.3 Å². The van der Waals surface area contributed by atoms with Gasteiger partial charge in [-0.15, -0.1) is 0 Å². The monoisotopic (exact) mass is 482 g/mol. The molecule has 0 amide bonds. The van der Waals surface area contributed by atoms with Crippen LogP contribution in [0.2, 0.25) is 20.1 Å². The molecule has 0 radical (unpaired) electrons. The molecule has 5 nitrogen and oxygen atoms in total. The highest BCUT2D eigenvalue weighted by Crippen LogP contribution is 2.47. The van der Waals surface area contributed by atoms with Crippen LogP contribution in [0, 0.1) is 0 Å². The van der Waals surface area contributed by atoms with Gasteiger partial charge in [0.05, 0.1) is 27.7 Å². The molecule has 0 saturated heterocycles. The van der Waals surface area contributed by atoms with E-state index in [-0.39, 0.29) is 37.0 Å². The topological polar surface area (TPSA) is 76.7 Å². The van der Waals surface area contributed by atoms with Crippen LogP contribution in [0.4, 0.5) is 0 Å². The standard InChI is InChI=1S/C21H10Cl4O5/c1-29-17-7-16-9(5-13(17)25)18(8-4-12(24)14(26)6-15(8)30-16)19-10(22)2-3-11(23)20(19)21(27)28/h2-7H,1H3,(H,27,28). The maximum absolute atomic E-state index is 12.1. The van der Waals surface area contributed by atoms with E-state index in [9.17, 15) is 14.7 Å². The maximum Gasteiger partial charge on any atom is 0.337 e. The Labute approximate surface area is 189 Å². The molecule has 9 heteroatoms. The second-order valence-corrected chi connectivity index (χ2v) is 7.95. The predicted molar refractivity (Wildman–Crippen MR) is 118 cm³/mol. The molecule has 1 N–H and O–H groups in total. The summed E-state index contributed by atoms with van der Waals surface area (Å²) in [5.41, 5.74) is 0.538. The summed E-state index contributed by atoms with van der Waals surface area (Å²) in [5.74, 6) is -0.750. The number of fused-ring (bicyclic) bond motifs is 2. The lowest BCUT2D eigenvalue weighted by Crippen LogP contribution is -2.06. The zero-order valence-corrected chi connectivity index (χ0v) is 18.1. The Morgan fingerprint density at radius 2 is 1.63 bits per heavy atom. The number of rotatable bonds is 3. The van der Waals surface area contributed by atoms with Crippen LogP contribution in [0.25, 0.3) is 33.4 Å². The summed E-state index contributed by atoms with van der Waals surface area (Å²) in [4.78, 5) is 24.2. The third-order valence-electron chi connectivity index (χ3n) is 4.61. The maximum atomic E-state index is 12.1. The number of halogens is 4. The first-order valence-corrected chi connectivity index (χ1v) is 9.89. The van der Waals surface area contributed by atoms with Crippen LogP contribution in [-0.2, 0) is 0 Å². The first-order valence-electron chi connectivity index (χ1n) is 8.38. The smallest absolute Gasteiger partial charge is 0.337 e. The summed E-state index contributed by atoms with van der Waals surface area (Å²) in [6, 6.07) is 8.61. The second kappa shape index (κ2) is 7.67. The Morgan fingerprint density at radius 3 is 2.30 bits per heavy atom. The summed E-state index contributed by atoms with van der Waals surface area (Å²) < 4.78 is 11.1. The lowest BCUT2D eigenvalue weighted by atomic mass is 9.90. The van der Waals surface area contributed by atoms with Crippen LogP contribution >= 0.6 is 46.4 Å². The molecule has 0 saturated carbocycles. The van der Waals surface area contributed by atoms with Gasteiger partial charge in [-0.05, 0) is 24.3 Å². The minimum atomic E-state index is -1.27. The molecule has 30 heavy (non-hydrogen) atoms. The number of hydrogen-bond acceptors (Lipinski definition) is 4. The van der Waals surface area contributed by atoms with Gasteiger partial charge in [0.25, 0.3) is 0 Å². The molecular formula is C21H10Cl4O5. The van der Waals surface area contributed by atoms with E-state index in [0.717, 1.165) is 0 Å². The molecule has 1 aliphatic carbocycles. The Kier molecular flexibility index (Phi) is 5.32. The van der Waals surface area contributed by atoms with Crippen molar-refractivity contribution in [2.24, 2.45) is 0 Å². The van der Waals surface area contributed by atoms with E-state index in [4.69, 9.17) is 55.6 Å². The van der Waals surface area contributed by atoms with Crippen molar-refractivity contribution in [1.82, 2.24) is 0 Å². The van der Waals surface area contributed by atoms with Crippen LogP contribution < -0.4 is 10.2 Å². The zero-order chi connectivity index (χ0) is 21.7. The quantitative estimate of drug-likeness (QED) is 0.321. The van der Waals surface area contributed by atoms with Crippen molar-refractivity contribution in [3.63, 3.8) is 0 Å². The first kappa shape index (κ1) is 20.8. The van der Waals surface area contributed by atoms with E-state index in [2.05, 4.69) is 0 Å². The van der Waals surface area contributed by atoms with Gasteiger partial charge in [-0.3, -0.25) is 4.79 Å². The second-order valence-electron chi connectivity index (χ2n) is 6.32. The lowest BCUT2D eigenvalue weighted by Gasteiger charge is -2.19. The molecule has 2 aromatic carbocycles. The fraction of sp³-hybridized carbons (Fsp3) is 0.0476. The van der Waals surface area contributed by atoms with E-state index < -0.39 is 11.4 Å².